The average molecular weight is 473 g/mol. The molecule has 2 saturated heterocycles. The maximum absolute atomic E-state index is 12.8. The van der Waals surface area contributed by atoms with E-state index in [4.69, 9.17) is 0 Å². The summed E-state index contributed by atoms with van der Waals surface area (Å²) in [5, 5.41) is 9.84. The van der Waals surface area contributed by atoms with Gasteiger partial charge in [-0.25, -0.2) is 18.2 Å². The van der Waals surface area contributed by atoms with Gasteiger partial charge in [0.15, 0.2) is 0 Å². The van der Waals surface area contributed by atoms with Gasteiger partial charge in [0, 0.05) is 19.6 Å². The molecule has 2 fully saturated rings. The predicted molar refractivity (Wildman–Crippen MR) is 128 cm³/mol. The van der Waals surface area contributed by atoms with Crippen LogP contribution in [0.3, 0.4) is 0 Å². The summed E-state index contributed by atoms with van der Waals surface area (Å²) in [6.45, 7) is 6.83. The topological polar surface area (TPSA) is 103 Å². The number of benzene rings is 1. The number of carboxylic acid groups (broad SMARTS) is 1. The second-order valence-electron chi connectivity index (χ2n) is 8.97. The number of nitrogens with one attached hydrogen (secondary N) is 1. The number of carbonyl (C=O) groups is 1. The molecule has 4 rings (SSSR count). The molecule has 2 aliphatic heterocycles. The molecule has 1 atom stereocenters. The van der Waals surface area contributed by atoms with Crippen LogP contribution in [0.25, 0.3) is 0 Å². The summed E-state index contributed by atoms with van der Waals surface area (Å²) < 4.78 is 28.0. The molecular formula is C24H32N4O4S. The smallest absolute Gasteiger partial charge is 0.339 e. The fourth-order valence-corrected chi connectivity index (χ4v) is 5.81. The molecule has 2 aliphatic rings. The zero-order valence-electron chi connectivity index (χ0n) is 19.0. The lowest BCUT2D eigenvalue weighted by atomic mass is 9.97. The van der Waals surface area contributed by atoms with E-state index in [9.17, 15) is 18.3 Å². The van der Waals surface area contributed by atoms with Gasteiger partial charge in [0.1, 0.15) is 11.4 Å². The highest BCUT2D eigenvalue weighted by Gasteiger charge is 2.27. The lowest BCUT2D eigenvalue weighted by molar-refractivity contribution is 0.0697. The Morgan fingerprint density at radius 3 is 2.55 bits per heavy atom. The van der Waals surface area contributed by atoms with Crippen LogP contribution in [0.4, 0.5) is 11.5 Å². The molecule has 0 amide bonds. The highest BCUT2D eigenvalue weighted by Crippen LogP contribution is 2.28. The van der Waals surface area contributed by atoms with Gasteiger partial charge in [-0.1, -0.05) is 19.1 Å². The van der Waals surface area contributed by atoms with Crippen molar-refractivity contribution in [1.29, 1.82) is 0 Å². The van der Waals surface area contributed by atoms with Crippen molar-refractivity contribution in [2.45, 2.75) is 43.9 Å². The predicted octanol–water partition coefficient (Wildman–Crippen LogP) is 3.46. The number of likely N-dealkylation sites (tertiary alicyclic amines) is 1. The number of carboxylic acids is 1. The summed E-state index contributed by atoms with van der Waals surface area (Å²) in [7, 11) is -3.84. The van der Waals surface area contributed by atoms with Gasteiger partial charge in [-0.15, -0.1) is 0 Å². The number of sulfonamides is 1. The zero-order valence-corrected chi connectivity index (χ0v) is 19.9. The van der Waals surface area contributed by atoms with Crippen LogP contribution in [0.15, 0.2) is 41.4 Å². The molecule has 178 valence electrons. The quantitative estimate of drug-likeness (QED) is 0.606. The van der Waals surface area contributed by atoms with E-state index < -0.39 is 16.0 Å². The maximum Gasteiger partial charge on any atom is 0.339 e. The van der Waals surface area contributed by atoms with Gasteiger partial charge in [0.05, 0.1) is 16.8 Å². The number of hydrogen-bond donors (Lipinski definition) is 2. The Labute approximate surface area is 195 Å². The van der Waals surface area contributed by atoms with Gasteiger partial charge in [0.2, 0.25) is 0 Å². The van der Waals surface area contributed by atoms with Crippen LogP contribution in [0.5, 0.6) is 0 Å². The van der Waals surface area contributed by atoms with E-state index in [0.29, 0.717) is 11.7 Å². The number of aryl methyl sites for hydroxylation is 1. The first kappa shape index (κ1) is 23.5. The van der Waals surface area contributed by atoms with Crippen molar-refractivity contribution in [1.82, 2.24) is 9.88 Å². The Kier molecular flexibility index (Phi) is 7.19. The van der Waals surface area contributed by atoms with Crippen LogP contribution in [0, 0.1) is 5.92 Å². The highest BCUT2D eigenvalue weighted by atomic mass is 32.2. The van der Waals surface area contributed by atoms with Gasteiger partial charge in [0.25, 0.3) is 10.0 Å². The van der Waals surface area contributed by atoms with Crippen LogP contribution in [0.2, 0.25) is 0 Å². The number of pyridine rings is 1. The number of piperidine rings is 1. The van der Waals surface area contributed by atoms with E-state index >= 15 is 0 Å². The Morgan fingerprint density at radius 2 is 1.88 bits per heavy atom. The Hall–Kier alpha value is -2.65. The molecule has 0 aliphatic carbocycles. The third-order valence-corrected chi connectivity index (χ3v) is 7.92. The first-order chi connectivity index (χ1) is 15.9. The summed E-state index contributed by atoms with van der Waals surface area (Å²) in [6.07, 6.45) is 6.84. The molecule has 0 spiro atoms. The molecule has 9 heteroatoms. The lowest BCUT2D eigenvalue weighted by Crippen LogP contribution is -2.41. The van der Waals surface area contributed by atoms with Gasteiger partial charge < -0.3 is 14.9 Å². The number of aromatic nitrogens is 1. The number of rotatable bonds is 8. The van der Waals surface area contributed by atoms with Crippen LogP contribution >= 0.6 is 0 Å². The monoisotopic (exact) mass is 472 g/mol. The standard InChI is InChI=1S/C24H32N4O4S/c1-2-18-7-9-21(10-8-18)33(31,32)26-20-14-22(24(29)30)23(25-15-20)28-13-5-6-19(17-28)16-27-11-3-4-12-27/h7-10,14-15,19,26H,2-6,11-13,16-17H2,1H3,(H,29,30)/t19-/m0/s1. The minimum absolute atomic E-state index is 0.0124. The fraction of sp³-hybridized carbons (Fsp3) is 0.500. The summed E-state index contributed by atoms with van der Waals surface area (Å²) in [5.74, 6) is -0.235. The minimum Gasteiger partial charge on any atom is -0.478 e. The molecule has 0 radical (unpaired) electrons. The van der Waals surface area contributed by atoms with Gasteiger partial charge in [-0.05, 0) is 74.9 Å². The third-order valence-electron chi connectivity index (χ3n) is 6.52. The largest absolute Gasteiger partial charge is 0.478 e. The normalized spacial score (nSPS) is 19.5. The number of nitrogens with zero attached hydrogens (tertiary/aromatic N) is 3. The molecule has 0 unspecified atom stereocenters. The molecule has 3 heterocycles. The SMILES string of the molecule is CCc1ccc(S(=O)(=O)Nc2cnc(N3CCC[C@@H](CN4CCCC4)C3)c(C(=O)O)c2)cc1. The second-order valence-corrected chi connectivity index (χ2v) is 10.6. The second kappa shape index (κ2) is 10.1. The number of hydrogen-bond acceptors (Lipinski definition) is 6. The van der Waals surface area contributed by atoms with Crippen molar-refractivity contribution < 1.29 is 18.3 Å². The first-order valence-electron chi connectivity index (χ1n) is 11.7. The number of anilines is 2. The molecular weight excluding hydrogens is 440 g/mol. The van der Waals surface area contributed by atoms with Crippen LogP contribution in [-0.4, -0.2) is 62.1 Å². The van der Waals surface area contributed by atoms with Crippen molar-refractivity contribution >= 4 is 27.5 Å². The minimum atomic E-state index is -3.84. The Bertz CT molecular complexity index is 1080. The average Bonchev–Trinajstić information content (AvgIpc) is 3.32. The Balaban J connectivity index is 1.51. The van der Waals surface area contributed by atoms with Crippen molar-refractivity contribution in [3.8, 4) is 0 Å². The van der Waals surface area contributed by atoms with Crippen LogP contribution < -0.4 is 9.62 Å². The molecule has 1 aromatic heterocycles. The lowest BCUT2D eigenvalue weighted by Gasteiger charge is -2.36. The van der Waals surface area contributed by atoms with Gasteiger partial charge in [-0.3, -0.25) is 4.72 Å². The van der Waals surface area contributed by atoms with E-state index in [1.165, 1.54) is 25.1 Å². The van der Waals surface area contributed by atoms with Crippen molar-refractivity contribution in [2.75, 3.05) is 42.3 Å². The van der Waals surface area contributed by atoms with E-state index in [-0.39, 0.29) is 16.1 Å². The van der Waals surface area contributed by atoms with E-state index in [1.807, 2.05) is 11.8 Å². The molecule has 2 N–H and O–H groups in total. The molecule has 0 saturated carbocycles. The molecule has 0 bridgehead atoms. The van der Waals surface area contributed by atoms with E-state index in [2.05, 4.69) is 14.6 Å². The molecule has 1 aromatic carbocycles. The van der Waals surface area contributed by atoms with Gasteiger partial charge in [-0.2, -0.15) is 0 Å². The van der Waals surface area contributed by atoms with Gasteiger partial charge >= 0.3 is 5.97 Å². The van der Waals surface area contributed by atoms with Crippen LogP contribution in [-0.2, 0) is 16.4 Å². The summed E-state index contributed by atoms with van der Waals surface area (Å²) >= 11 is 0. The van der Waals surface area contributed by atoms with Crippen molar-refractivity contribution in [3.05, 3.63) is 47.7 Å². The number of aromatic carboxylic acids is 1. The summed E-state index contributed by atoms with van der Waals surface area (Å²) in [4.78, 5) is 21.1. The molecule has 33 heavy (non-hydrogen) atoms. The maximum atomic E-state index is 12.8. The Morgan fingerprint density at radius 1 is 1.15 bits per heavy atom. The van der Waals surface area contributed by atoms with Crippen molar-refractivity contribution in [3.63, 3.8) is 0 Å². The van der Waals surface area contributed by atoms with E-state index in [1.54, 1.807) is 24.3 Å². The summed E-state index contributed by atoms with van der Waals surface area (Å²) in [6, 6.07) is 8.01. The molecule has 2 aromatic rings. The van der Waals surface area contributed by atoms with E-state index in [0.717, 1.165) is 57.5 Å². The van der Waals surface area contributed by atoms with Crippen molar-refractivity contribution in [2.24, 2.45) is 5.92 Å². The zero-order chi connectivity index (χ0) is 23.4. The van der Waals surface area contributed by atoms with Crippen LogP contribution in [0.1, 0.15) is 48.5 Å². The molecule has 8 nitrogen and oxygen atoms in total. The first-order valence-corrected chi connectivity index (χ1v) is 13.2. The highest BCUT2D eigenvalue weighted by molar-refractivity contribution is 7.92. The third kappa shape index (κ3) is 5.65. The summed E-state index contributed by atoms with van der Waals surface area (Å²) in [5.41, 5.74) is 1.19. The fourth-order valence-electron chi connectivity index (χ4n) is 4.78.